The molecule has 0 spiro atoms. The molecule has 0 radical (unpaired) electrons. The summed E-state index contributed by atoms with van der Waals surface area (Å²) in [7, 11) is 1.70. The molecular formula is C13H18FN3. The van der Waals surface area contributed by atoms with Crippen LogP contribution in [0.15, 0.2) is 0 Å². The van der Waals surface area contributed by atoms with Crippen LogP contribution in [0.4, 0.5) is 10.2 Å². The first-order valence-corrected chi connectivity index (χ1v) is 6.40. The SMILES string of the molecule is CNc1nc(C2CC3CCC2C3)nc(C)c1F. The normalized spacial score (nSPS) is 30.9. The average Bonchev–Trinajstić information content (AvgIpc) is 2.94. The topological polar surface area (TPSA) is 37.8 Å². The first-order valence-electron chi connectivity index (χ1n) is 6.40. The third-order valence-electron chi connectivity index (χ3n) is 4.34. The van der Waals surface area contributed by atoms with Crippen molar-refractivity contribution in [3.05, 3.63) is 17.3 Å². The van der Waals surface area contributed by atoms with Crippen LogP contribution in [0.2, 0.25) is 0 Å². The molecule has 2 aliphatic carbocycles. The zero-order chi connectivity index (χ0) is 12.0. The van der Waals surface area contributed by atoms with E-state index in [1.165, 1.54) is 25.7 Å². The third-order valence-corrected chi connectivity index (χ3v) is 4.34. The van der Waals surface area contributed by atoms with Gasteiger partial charge in [-0.3, -0.25) is 0 Å². The molecule has 0 aromatic carbocycles. The highest BCUT2D eigenvalue weighted by Crippen LogP contribution is 2.52. The Morgan fingerprint density at radius 2 is 2.06 bits per heavy atom. The Bertz CT molecular complexity index is 447. The van der Waals surface area contributed by atoms with E-state index in [-0.39, 0.29) is 5.82 Å². The van der Waals surface area contributed by atoms with Gasteiger partial charge in [0.05, 0.1) is 5.69 Å². The molecule has 0 amide bonds. The van der Waals surface area contributed by atoms with Crippen LogP contribution in [-0.2, 0) is 0 Å². The largest absolute Gasteiger partial charge is 0.371 e. The molecule has 3 atom stereocenters. The Labute approximate surface area is 101 Å². The van der Waals surface area contributed by atoms with Crippen molar-refractivity contribution in [1.29, 1.82) is 0 Å². The predicted molar refractivity (Wildman–Crippen MR) is 64.5 cm³/mol. The van der Waals surface area contributed by atoms with Crippen LogP contribution in [0.3, 0.4) is 0 Å². The molecule has 2 saturated carbocycles. The third kappa shape index (κ3) is 1.70. The van der Waals surface area contributed by atoms with Crippen LogP contribution in [0.25, 0.3) is 0 Å². The summed E-state index contributed by atoms with van der Waals surface area (Å²) in [6.45, 7) is 1.72. The molecule has 1 heterocycles. The van der Waals surface area contributed by atoms with E-state index in [2.05, 4.69) is 15.3 Å². The van der Waals surface area contributed by atoms with Crippen molar-refractivity contribution in [1.82, 2.24) is 9.97 Å². The van der Waals surface area contributed by atoms with Crippen LogP contribution in [0.5, 0.6) is 0 Å². The van der Waals surface area contributed by atoms with Gasteiger partial charge >= 0.3 is 0 Å². The van der Waals surface area contributed by atoms with Gasteiger partial charge in [-0.25, -0.2) is 14.4 Å². The summed E-state index contributed by atoms with van der Waals surface area (Å²) in [6, 6.07) is 0. The smallest absolute Gasteiger partial charge is 0.186 e. The summed E-state index contributed by atoms with van der Waals surface area (Å²) in [5, 5.41) is 2.82. The number of fused-ring (bicyclic) bond motifs is 2. The van der Waals surface area contributed by atoms with Gasteiger partial charge in [0.2, 0.25) is 0 Å². The minimum atomic E-state index is -0.320. The number of aryl methyl sites for hydroxylation is 1. The van der Waals surface area contributed by atoms with Crippen LogP contribution >= 0.6 is 0 Å². The second-order valence-corrected chi connectivity index (χ2v) is 5.36. The molecule has 2 aliphatic rings. The van der Waals surface area contributed by atoms with Crippen LogP contribution < -0.4 is 5.32 Å². The summed E-state index contributed by atoms with van der Waals surface area (Å²) in [6.07, 6.45) is 5.17. The van der Waals surface area contributed by atoms with Crippen molar-refractivity contribution < 1.29 is 4.39 Å². The highest BCUT2D eigenvalue weighted by Gasteiger charge is 2.41. The maximum Gasteiger partial charge on any atom is 0.186 e. The number of aromatic nitrogens is 2. The van der Waals surface area contributed by atoms with Crippen LogP contribution in [0.1, 0.15) is 43.1 Å². The number of rotatable bonds is 2. The van der Waals surface area contributed by atoms with Gasteiger partial charge < -0.3 is 5.32 Å². The van der Waals surface area contributed by atoms with Crippen molar-refractivity contribution in [2.45, 2.75) is 38.5 Å². The molecule has 2 bridgehead atoms. The molecule has 1 N–H and O–H groups in total. The first kappa shape index (κ1) is 10.9. The lowest BCUT2D eigenvalue weighted by Crippen LogP contribution is -2.15. The molecule has 3 nitrogen and oxygen atoms in total. The summed E-state index contributed by atoms with van der Waals surface area (Å²) in [4.78, 5) is 8.71. The van der Waals surface area contributed by atoms with Crippen LogP contribution in [0, 0.1) is 24.6 Å². The fraction of sp³-hybridized carbons (Fsp3) is 0.692. The minimum absolute atomic E-state index is 0.320. The van der Waals surface area contributed by atoms with Gasteiger partial charge in [0.15, 0.2) is 11.6 Å². The predicted octanol–water partition coefficient (Wildman–Crippen LogP) is 2.87. The Balaban J connectivity index is 1.95. The highest BCUT2D eigenvalue weighted by molar-refractivity contribution is 5.38. The van der Waals surface area contributed by atoms with Crippen molar-refractivity contribution in [2.75, 3.05) is 12.4 Å². The van der Waals surface area contributed by atoms with Gasteiger partial charge in [-0.2, -0.15) is 0 Å². The zero-order valence-corrected chi connectivity index (χ0v) is 10.3. The molecule has 1 aromatic rings. The average molecular weight is 235 g/mol. The van der Waals surface area contributed by atoms with Crippen molar-refractivity contribution >= 4 is 5.82 Å². The van der Waals surface area contributed by atoms with E-state index in [1.807, 2.05) is 0 Å². The molecule has 0 saturated heterocycles. The number of anilines is 1. The number of halogens is 1. The van der Waals surface area contributed by atoms with E-state index in [4.69, 9.17) is 0 Å². The molecule has 3 rings (SSSR count). The lowest BCUT2D eigenvalue weighted by Gasteiger charge is -2.21. The maximum absolute atomic E-state index is 13.7. The van der Waals surface area contributed by atoms with E-state index in [9.17, 15) is 4.39 Å². The van der Waals surface area contributed by atoms with E-state index in [0.717, 1.165) is 17.7 Å². The van der Waals surface area contributed by atoms with Gasteiger partial charge in [0.1, 0.15) is 5.82 Å². The van der Waals surface area contributed by atoms with E-state index >= 15 is 0 Å². The standard InChI is InChI=1S/C13H18FN3/c1-7-11(14)13(15-2)17-12(16-7)10-6-8-3-4-9(10)5-8/h8-10H,3-6H2,1-2H3,(H,15,16,17). The number of hydrogen-bond acceptors (Lipinski definition) is 3. The lowest BCUT2D eigenvalue weighted by molar-refractivity contribution is 0.403. The van der Waals surface area contributed by atoms with Gasteiger partial charge in [-0.1, -0.05) is 6.42 Å². The summed E-state index contributed by atoms with van der Waals surface area (Å²) in [5.74, 6) is 2.92. The molecule has 3 unspecified atom stereocenters. The maximum atomic E-state index is 13.7. The summed E-state index contributed by atoms with van der Waals surface area (Å²) in [5.41, 5.74) is 0.460. The fourth-order valence-electron chi connectivity index (χ4n) is 3.47. The van der Waals surface area contributed by atoms with E-state index in [0.29, 0.717) is 17.4 Å². The van der Waals surface area contributed by atoms with Gasteiger partial charge in [0.25, 0.3) is 0 Å². The minimum Gasteiger partial charge on any atom is -0.371 e. The number of hydrogen-bond donors (Lipinski definition) is 1. The Morgan fingerprint density at radius 1 is 1.24 bits per heavy atom. The molecule has 92 valence electrons. The molecule has 4 heteroatoms. The second-order valence-electron chi connectivity index (χ2n) is 5.36. The Hall–Kier alpha value is -1.19. The van der Waals surface area contributed by atoms with E-state index < -0.39 is 0 Å². The van der Waals surface area contributed by atoms with Crippen molar-refractivity contribution in [2.24, 2.45) is 11.8 Å². The Morgan fingerprint density at radius 3 is 2.65 bits per heavy atom. The van der Waals surface area contributed by atoms with Crippen molar-refractivity contribution in [3.63, 3.8) is 0 Å². The van der Waals surface area contributed by atoms with Gasteiger partial charge in [-0.05, 0) is 38.0 Å². The molecular weight excluding hydrogens is 217 g/mol. The molecule has 2 fully saturated rings. The summed E-state index contributed by atoms with van der Waals surface area (Å²) < 4.78 is 13.7. The number of nitrogens with zero attached hydrogens (tertiary/aromatic N) is 2. The number of nitrogens with one attached hydrogen (secondary N) is 1. The molecule has 17 heavy (non-hydrogen) atoms. The lowest BCUT2D eigenvalue weighted by atomic mass is 9.88. The Kier molecular flexibility index (Phi) is 2.53. The quantitative estimate of drug-likeness (QED) is 0.856. The molecule has 1 aromatic heterocycles. The van der Waals surface area contributed by atoms with E-state index in [1.54, 1.807) is 14.0 Å². The molecule has 0 aliphatic heterocycles. The monoisotopic (exact) mass is 235 g/mol. The second kappa shape index (κ2) is 3.93. The fourth-order valence-corrected chi connectivity index (χ4v) is 3.47. The van der Waals surface area contributed by atoms with Gasteiger partial charge in [0, 0.05) is 13.0 Å². The van der Waals surface area contributed by atoms with Gasteiger partial charge in [-0.15, -0.1) is 0 Å². The summed E-state index contributed by atoms with van der Waals surface area (Å²) >= 11 is 0. The first-order chi connectivity index (χ1) is 8.19. The van der Waals surface area contributed by atoms with Crippen LogP contribution in [-0.4, -0.2) is 17.0 Å². The zero-order valence-electron chi connectivity index (χ0n) is 10.3. The highest BCUT2D eigenvalue weighted by atomic mass is 19.1. The van der Waals surface area contributed by atoms with Crippen molar-refractivity contribution in [3.8, 4) is 0 Å².